The topological polar surface area (TPSA) is 12.5 Å². The zero-order valence-corrected chi connectivity index (χ0v) is 11.0. The van der Waals surface area contributed by atoms with Crippen molar-refractivity contribution in [3.8, 4) is 0 Å². The molecule has 0 N–H and O–H groups in total. The van der Waals surface area contributed by atoms with Gasteiger partial charge in [0, 0.05) is 24.7 Å². The SMILES string of the molecule is CCN(CCOC)Cc1cccc(Br)c1. The Morgan fingerprint density at radius 2 is 2.20 bits per heavy atom. The fourth-order valence-corrected chi connectivity index (χ4v) is 1.91. The first-order valence-electron chi connectivity index (χ1n) is 5.22. The number of likely N-dealkylation sites (N-methyl/N-ethyl adjacent to an activating group) is 1. The van der Waals surface area contributed by atoms with Gasteiger partial charge in [0.2, 0.25) is 0 Å². The summed E-state index contributed by atoms with van der Waals surface area (Å²) in [6, 6.07) is 8.44. The predicted molar refractivity (Wildman–Crippen MR) is 67.0 cm³/mol. The van der Waals surface area contributed by atoms with Crippen LogP contribution in [0.1, 0.15) is 12.5 Å². The molecule has 1 aromatic rings. The summed E-state index contributed by atoms with van der Waals surface area (Å²) in [4.78, 5) is 2.37. The molecule has 0 bridgehead atoms. The molecule has 84 valence electrons. The van der Waals surface area contributed by atoms with Crippen molar-refractivity contribution in [2.75, 3.05) is 26.8 Å². The molecule has 0 unspecified atom stereocenters. The van der Waals surface area contributed by atoms with Gasteiger partial charge in [-0.15, -0.1) is 0 Å². The van der Waals surface area contributed by atoms with Crippen LogP contribution in [0.2, 0.25) is 0 Å². The molecule has 0 aliphatic carbocycles. The minimum atomic E-state index is 0.793. The second-order valence-corrected chi connectivity index (χ2v) is 4.41. The van der Waals surface area contributed by atoms with Crippen LogP contribution < -0.4 is 0 Å². The van der Waals surface area contributed by atoms with Crippen molar-refractivity contribution in [1.29, 1.82) is 0 Å². The Morgan fingerprint density at radius 1 is 1.40 bits per heavy atom. The fourth-order valence-electron chi connectivity index (χ4n) is 1.46. The monoisotopic (exact) mass is 271 g/mol. The van der Waals surface area contributed by atoms with Crippen LogP contribution in [0.15, 0.2) is 28.7 Å². The highest BCUT2D eigenvalue weighted by molar-refractivity contribution is 9.10. The van der Waals surface area contributed by atoms with Crippen molar-refractivity contribution < 1.29 is 4.74 Å². The van der Waals surface area contributed by atoms with Gasteiger partial charge in [-0.05, 0) is 24.2 Å². The van der Waals surface area contributed by atoms with Crippen LogP contribution in [0.25, 0.3) is 0 Å². The summed E-state index contributed by atoms with van der Waals surface area (Å²) in [5, 5.41) is 0. The normalized spacial score (nSPS) is 10.9. The number of halogens is 1. The summed E-state index contributed by atoms with van der Waals surface area (Å²) in [5.74, 6) is 0. The number of methoxy groups -OCH3 is 1. The van der Waals surface area contributed by atoms with Gasteiger partial charge in [-0.2, -0.15) is 0 Å². The Morgan fingerprint density at radius 3 is 2.80 bits per heavy atom. The number of hydrogen-bond acceptors (Lipinski definition) is 2. The summed E-state index contributed by atoms with van der Waals surface area (Å²) < 4.78 is 6.23. The molecule has 1 aromatic carbocycles. The summed E-state index contributed by atoms with van der Waals surface area (Å²) >= 11 is 3.48. The molecule has 0 amide bonds. The van der Waals surface area contributed by atoms with Crippen molar-refractivity contribution >= 4 is 15.9 Å². The minimum Gasteiger partial charge on any atom is -0.383 e. The van der Waals surface area contributed by atoms with E-state index in [1.54, 1.807) is 7.11 Å². The lowest BCUT2D eigenvalue weighted by Gasteiger charge is -2.19. The van der Waals surface area contributed by atoms with E-state index in [-0.39, 0.29) is 0 Å². The molecular weight excluding hydrogens is 254 g/mol. The highest BCUT2D eigenvalue weighted by Crippen LogP contribution is 2.13. The van der Waals surface area contributed by atoms with Crippen LogP contribution in [0, 0.1) is 0 Å². The molecule has 0 aliphatic rings. The largest absolute Gasteiger partial charge is 0.383 e. The van der Waals surface area contributed by atoms with Gasteiger partial charge >= 0.3 is 0 Å². The summed E-state index contributed by atoms with van der Waals surface area (Å²) in [6.45, 7) is 5.99. The molecule has 0 radical (unpaired) electrons. The lowest BCUT2D eigenvalue weighted by atomic mass is 10.2. The van der Waals surface area contributed by atoms with Gasteiger partial charge in [-0.25, -0.2) is 0 Å². The third-order valence-corrected chi connectivity index (χ3v) is 2.85. The van der Waals surface area contributed by atoms with E-state index in [2.05, 4.69) is 52.0 Å². The zero-order valence-electron chi connectivity index (χ0n) is 9.37. The molecule has 0 fully saturated rings. The second-order valence-electron chi connectivity index (χ2n) is 3.49. The number of hydrogen-bond donors (Lipinski definition) is 0. The molecule has 0 saturated heterocycles. The van der Waals surface area contributed by atoms with Gasteiger partial charge in [0.25, 0.3) is 0 Å². The van der Waals surface area contributed by atoms with E-state index in [9.17, 15) is 0 Å². The third kappa shape index (κ3) is 4.78. The molecule has 3 heteroatoms. The van der Waals surface area contributed by atoms with E-state index >= 15 is 0 Å². The smallest absolute Gasteiger partial charge is 0.0589 e. The molecule has 0 spiro atoms. The quantitative estimate of drug-likeness (QED) is 0.789. The van der Waals surface area contributed by atoms with Crippen molar-refractivity contribution in [3.63, 3.8) is 0 Å². The average molecular weight is 272 g/mol. The van der Waals surface area contributed by atoms with Crippen LogP contribution in [0.5, 0.6) is 0 Å². The second kappa shape index (κ2) is 6.99. The standard InChI is InChI=1S/C12H18BrNO/c1-3-14(7-8-15-2)10-11-5-4-6-12(13)9-11/h4-6,9H,3,7-8,10H2,1-2H3. The highest BCUT2D eigenvalue weighted by Gasteiger charge is 2.03. The molecule has 0 aromatic heterocycles. The van der Waals surface area contributed by atoms with Crippen molar-refractivity contribution in [3.05, 3.63) is 34.3 Å². The Balaban J connectivity index is 2.50. The van der Waals surface area contributed by atoms with Gasteiger partial charge in [0.15, 0.2) is 0 Å². The van der Waals surface area contributed by atoms with Gasteiger partial charge in [-0.1, -0.05) is 35.0 Å². The van der Waals surface area contributed by atoms with E-state index in [0.717, 1.165) is 30.7 Å². The maximum Gasteiger partial charge on any atom is 0.0589 e. The summed E-state index contributed by atoms with van der Waals surface area (Å²) in [7, 11) is 1.74. The minimum absolute atomic E-state index is 0.793. The van der Waals surface area contributed by atoms with Crippen molar-refractivity contribution in [1.82, 2.24) is 4.90 Å². The molecule has 15 heavy (non-hydrogen) atoms. The molecule has 0 aliphatic heterocycles. The van der Waals surface area contributed by atoms with Gasteiger partial charge in [-0.3, -0.25) is 4.90 Å². The molecule has 0 heterocycles. The Bertz CT molecular complexity index is 291. The van der Waals surface area contributed by atoms with Crippen LogP contribution in [-0.2, 0) is 11.3 Å². The lowest BCUT2D eigenvalue weighted by molar-refractivity contribution is 0.147. The van der Waals surface area contributed by atoms with E-state index in [1.807, 2.05) is 0 Å². The Hall–Kier alpha value is -0.380. The highest BCUT2D eigenvalue weighted by atomic mass is 79.9. The van der Waals surface area contributed by atoms with Crippen LogP contribution in [0.4, 0.5) is 0 Å². The summed E-state index contributed by atoms with van der Waals surface area (Å²) in [6.07, 6.45) is 0. The summed E-state index contributed by atoms with van der Waals surface area (Å²) in [5.41, 5.74) is 1.34. The molecular formula is C12H18BrNO. The van der Waals surface area contributed by atoms with E-state index in [4.69, 9.17) is 4.74 Å². The lowest BCUT2D eigenvalue weighted by Crippen LogP contribution is -2.26. The molecule has 1 rings (SSSR count). The number of ether oxygens (including phenoxy) is 1. The first kappa shape index (κ1) is 12.7. The van der Waals surface area contributed by atoms with Crippen molar-refractivity contribution in [2.45, 2.75) is 13.5 Å². The van der Waals surface area contributed by atoms with E-state index in [0.29, 0.717) is 0 Å². The van der Waals surface area contributed by atoms with Crippen molar-refractivity contribution in [2.24, 2.45) is 0 Å². The number of nitrogens with zero attached hydrogens (tertiary/aromatic N) is 1. The predicted octanol–water partition coefficient (Wildman–Crippen LogP) is 2.92. The fraction of sp³-hybridized carbons (Fsp3) is 0.500. The van der Waals surface area contributed by atoms with Gasteiger partial charge in [0.05, 0.1) is 6.61 Å². The van der Waals surface area contributed by atoms with E-state index in [1.165, 1.54) is 5.56 Å². The van der Waals surface area contributed by atoms with Crippen LogP contribution >= 0.6 is 15.9 Å². The first-order chi connectivity index (χ1) is 7.26. The molecule has 0 saturated carbocycles. The van der Waals surface area contributed by atoms with Crippen LogP contribution in [-0.4, -0.2) is 31.7 Å². The third-order valence-electron chi connectivity index (χ3n) is 2.35. The zero-order chi connectivity index (χ0) is 11.1. The van der Waals surface area contributed by atoms with Crippen LogP contribution in [0.3, 0.4) is 0 Å². The number of rotatable bonds is 6. The molecule has 2 nitrogen and oxygen atoms in total. The molecule has 0 atom stereocenters. The Labute approximate surface area is 100 Å². The maximum atomic E-state index is 5.08. The average Bonchev–Trinajstić information content (AvgIpc) is 2.24. The first-order valence-corrected chi connectivity index (χ1v) is 6.01. The van der Waals surface area contributed by atoms with E-state index < -0.39 is 0 Å². The maximum absolute atomic E-state index is 5.08. The van der Waals surface area contributed by atoms with Gasteiger partial charge < -0.3 is 4.74 Å². The van der Waals surface area contributed by atoms with Gasteiger partial charge in [0.1, 0.15) is 0 Å². The Kier molecular flexibility index (Phi) is 5.91. The number of benzene rings is 1.